The molecular formula is C25H22ClN3O4S2. The van der Waals surface area contributed by atoms with Crippen LogP contribution in [0.15, 0.2) is 71.0 Å². The molecule has 2 atom stereocenters. The molecule has 0 spiro atoms. The number of carboxylic acids is 1. The fraction of sp³-hybridized carbons (Fsp3) is 0.200. The third kappa shape index (κ3) is 6.50. The van der Waals surface area contributed by atoms with E-state index >= 15 is 0 Å². The number of nitrogens with zero attached hydrogens (tertiary/aromatic N) is 1. The molecule has 180 valence electrons. The van der Waals surface area contributed by atoms with Gasteiger partial charge in [-0.15, -0.1) is 23.1 Å². The van der Waals surface area contributed by atoms with Crippen LogP contribution in [0.2, 0.25) is 5.02 Å². The maximum absolute atomic E-state index is 12.6. The van der Waals surface area contributed by atoms with Crippen molar-refractivity contribution in [3.8, 4) is 11.3 Å². The summed E-state index contributed by atoms with van der Waals surface area (Å²) in [4.78, 5) is 41.7. The van der Waals surface area contributed by atoms with E-state index in [2.05, 4.69) is 15.6 Å². The third-order valence-electron chi connectivity index (χ3n) is 5.48. The van der Waals surface area contributed by atoms with Gasteiger partial charge in [0.2, 0.25) is 11.8 Å². The number of carbonyl (C=O) groups is 3. The van der Waals surface area contributed by atoms with Gasteiger partial charge in [-0.2, -0.15) is 0 Å². The van der Waals surface area contributed by atoms with Gasteiger partial charge >= 0.3 is 5.97 Å². The summed E-state index contributed by atoms with van der Waals surface area (Å²) in [5, 5.41) is 17.9. The van der Waals surface area contributed by atoms with E-state index in [0.29, 0.717) is 34.4 Å². The highest BCUT2D eigenvalue weighted by Crippen LogP contribution is 2.31. The van der Waals surface area contributed by atoms with Crippen molar-refractivity contribution in [2.45, 2.75) is 17.7 Å². The molecule has 2 aromatic carbocycles. The van der Waals surface area contributed by atoms with Crippen molar-refractivity contribution in [1.29, 1.82) is 0 Å². The second-order valence-electron chi connectivity index (χ2n) is 7.86. The number of nitrogens with one attached hydrogen (secondary N) is 2. The molecule has 1 aliphatic rings. The van der Waals surface area contributed by atoms with Gasteiger partial charge in [0.1, 0.15) is 0 Å². The summed E-state index contributed by atoms with van der Waals surface area (Å²) in [5.41, 5.74) is 2.10. The van der Waals surface area contributed by atoms with E-state index in [0.717, 1.165) is 10.5 Å². The van der Waals surface area contributed by atoms with Gasteiger partial charge in [0.15, 0.2) is 5.13 Å². The molecule has 0 fully saturated rings. The van der Waals surface area contributed by atoms with E-state index in [1.807, 2.05) is 41.8 Å². The second kappa shape index (κ2) is 11.5. The molecule has 1 aliphatic carbocycles. The van der Waals surface area contributed by atoms with Crippen molar-refractivity contribution in [3.05, 3.63) is 71.1 Å². The van der Waals surface area contributed by atoms with E-state index in [1.165, 1.54) is 23.1 Å². The maximum Gasteiger partial charge on any atom is 0.307 e. The summed E-state index contributed by atoms with van der Waals surface area (Å²) in [5.74, 6) is -2.57. The van der Waals surface area contributed by atoms with Crippen molar-refractivity contribution in [3.63, 3.8) is 0 Å². The zero-order chi connectivity index (χ0) is 24.8. The number of hydrogen-bond donors (Lipinski definition) is 3. The molecule has 7 nitrogen and oxygen atoms in total. The lowest BCUT2D eigenvalue weighted by Gasteiger charge is -2.24. The van der Waals surface area contributed by atoms with Crippen LogP contribution in [0.4, 0.5) is 10.8 Å². The van der Waals surface area contributed by atoms with Crippen LogP contribution < -0.4 is 10.6 Å². The highest BCUT2D eigenvalue weighted by molar-refractivity contribution is 8.00. The van der Waals surface area contributed by atoms with Crippen molar-refractivity contribution in [2.24, 2.45) is 11.8 Å². The lowest BCUT2D eigenvalue weighted by atomic mass is 9.82. The summed E-state index contributed by atoms with van der Waals surface area (Å²) in [7, 11) is 0. The van der Waals surface area contributed by atoms with E-state index in [1.54, 1.807) is 24.3 Å². The standard InChI is InChI=1S/C25H22ClN3O4S2/c26-20-8-4-3-7-19(20)21-13-35-25(28-21)29-22(30)14-34-16-11-9-15(10-12-16)27-23(31)17-5-1-2-6-18(17)24(32)33/h1-4,7-13,17-18H,5-6,14H2,(H,27,31)(H,32,33)(H,28,29,30). The van der Waals surface area contributed by atoms with E-state index in [4.69, 9.17) is 11.6 Å². The number of thiazole rings is 1. The Labute approximate surface area is 215 Å². The van der Waals surface area contributed by atoms with Crippen molar-refractivity contribution < 1.29 is 19.5 Å². The molecule has 2 unspecified atom stereocenters. The minimum atomic E-state index is -0.961. The summed E-state index contributed by atoms with van der Waals surface area (Å²) in [6.07, 6.45) is 4.41. The first-order valence-electron chi connectivity index (χ1n) is 10.8. The number of halogens is 1. The number of carbonyl (C=O) groups excluding carboxylic acids is 2. The smallest absolute Gasteiger partial charge is 0.307 e. The number of aliphatic carboxylic acids is 1. The predicted molar refractivity (Wildman–Crippen MR) is 140 cm³/mol. The summed E-state index contributed by atoms with van der Waals surface area (Å²) >= 11 is 8.90. The van der Waals surface area contributed by atoms with E-state index in [-0.39, 0.29) is 17.6 Å². The van der Waals surface area contributed by atoms with Crippen LogP contribution in [0.1, 0.15) is 12.8 Å². The number of aromatic nitrogens is 1. The summed E-state index contributed by atoms with van der Waals surface area (Å²) in [6, 6.07) is 14.5. The Morgan fingerprint density at radius 3 is 2.46 bits per heavy atom. The number of anilines is 2. The molecule has 2 amide bonds. The molecule has 10 heteroatoms. The Balaban J connectivity index is 1.27. The number of amides is 2. The number of hydrogen-bond acceptors (Lipinski definition) is 6. The quantitative estimate of drug-likeness (QED) is 0.252. The highest BCUT2D eigenvalue weighted by atomic mass is 35.5. The van der Waals surface area contributed by atoms with Gasteiger partial charge in [-0.3, -0.25) is 14.4 Å². The highest BCUT2D eigenvalue weighted by Gasteiger charge is 2.33. The molecule has 1 heterocycles. The molecule has 1 aromatic heterocycles. The Hall–Kier alpha value is -3.14. The van der Waals surface area contributed by atoms with Crippen LogP contribution in [0.25, 0.3) is 11.3 Å². The van der Waals surface area contributed by atoms with Gasteiger partial charge in [0, 0.05) is 26.5 Å². The molecule has 0 bridgehead atoms. The van der Waals surface area contributed by atoms with Crippen LogP contribution in [-0.4, -0.2) is 33.6 Å². The van der Waals surface area contributed by atoms with Crippen molar-refractivity contribution >= 4 is 63.3 Å². The molecule has 0 saturated carbocycles. The van der Waals surface area contributed by atoms with Crippen LogP contribution >= 0.6 is 34.7 Å². The fourth-order valence-corrected chi connectivity index (χ4v) is 5.33. The lowest BCUT2D eigenvalue weighted by molar-refractivity contribution is -0.146. The number of rotatable bonds is 8. The topological polar surface area (TPSA) is 108 Å². The zero-order valence-corrected chi connectivity index (χ0v) is 20.8. The van der Waals surface area contributed by atoms with Gasteiger partial charge in [-0.25, -0.2) is 4.98 Å². The molecule has 0 saturated heterocycles. The molecule has 0 aliphatic heterocycles. The number of carboxylic acid groups (broad SMARTS) is 1. The van der Waals surface area contributed by atoms with Crippen LogP contribution in [-0.2, 0) is 14.4 Å². The van der Waals surface area contributed by atoms with Crippen LogP contribution in [0, 0.1) is 11.8 Å². The Morgan fingerprint density at radius 2 is 1.74 bits per heavy atom. The van der Waals surface area contributed by atoms with Crippen LogP contribution in [0.3, 0.4) is 0 Å². The largest absolute Gasteiger partial charge is 0.481 e. The molecule has 3 N–H and O–H groups in total. The Morgan fingerprint density at radius 1 is 1.03 bits per heavy atom. The molecule has 4 rings (SSSR count). The average Bonchev–Trinajstić information content (AvgIpc) is 3.32. The average molecular weight is 528 g/mol. The fourth-order valence-electron chi connectivity index (χ4n) is 3.67. The molecule has 0 radical (unpaired) electrons. The van der Waals surface area contributed by atoms with Gasteiger partial charge < -0.3 is 15.7 Å². The van der Waals surface area contributed by atoms with Gasteiger partial charge in [0.25, 0.3) is 0 Å². The van der Waals surface area contributed by atoms with Gasteiger partial charge in [0.05, 0.1) is 23.3 Å². The van der Waals surface area contributed by atoms with E-state index < -0.39 is 17.8 Å². The first-order valence-corrected chi connectivity index (χ1v) is 13.1. The van der Waals surface area contributed by atoms with Gasteiger partial charge in [-0.05, 0) is 43.2 Å². The predicted octanol–water partition coefficient (Wildman–Crippen LogP) is 5.80. The normalized spacial score (nSPS) is 17.1. The summed E-state index contributed by atoms with van der Waals surface area (Å²) < 4.78 is 0. The SMILES string of the molecule is O=C(CSc1ccc(NC(=O)C2CC=CCC2C(=O)O)cc1)Nc1nc(-c2ccccc2Cl)cs1. The maximum atomic E-state index is 12.6. The third-order valence-corrected chi connectivity index (χ3v) is 7.58. The first-order chi connectivity index (χ1) is 16.9. The number of thioether (sulfide) groups is 1. The second-order valence-corrected chi connectivity index (χ2v) is 10.2. The minimum absolute atomic E-state index is 0.183. The number of benzene rings is 2. The van der Waals surface area contributed by atoms with Crippen LogP contribution in [0.5, 0.6) is 0 Å². The zero-order valence-electron chi connectivity index (χ0n) is 18.4. The lowest BCUT2D eigenvalue weighted by Crippen LogP contribution is -2.34. The Bertz CT molecular complexity index is 1260. The molecule has 3 aromatic rings. The monoisotopic (exact) mass is 527 g/mol. The Kier molecular flexibility index (Phi) is 8.22. The van der Waals surface area contributed by atoms with Gasteiger partial charge in [-0.1, -0.05) is 42.0 Å². The minimum Gasteiger partial charge on any atom is -0.481 e. The van der Waals surface area contributed by atoms with E-state index in [9.17, 15) is 19.5 Å². The summed E-state index contributed by atoms with van der Waals surface area (Å²) in [6.45, 7) is 0. The first kappa shape index (κ1) is 25.0. The molecule has 35 heavy (non-hydrogen) atoms. The van der Waals surface area contributed by atoms with Crippen molar-refractivity contribution in [1.82, 2.24) is 4.98 Å². The van der Waals surface area contributed by atoms with Crippen molar-refractivity contribution in [2.75, 3.05) is 16.4 Å². The molecular weight excluding hydrogens is 506 g/mol. The number of allylic oxidation sites excluding steroid dienone is 2.